The van der Waals surface area contributed by atoms with E-state index in [4.69, 9.17) is 4.74 Å². The average molecular weight is 398 g/mol. The number of hydrogen-bond donors (Lipinski definition) is 0. The first kappa shape index (κ1) is 19.0. The van der Waals surface area contributed by atoms with Gasteiger partial charge in [-0.15, -0.1) is 0 Å². The molecule has 5 heterocycles. The molecule has 5 rings (SSSR count). The van der Waals surface area contributed by atoms with E-state index in [0.29, 0.717) is 11.8 Å². The first-order valence-corrected chi connectivity index (χ1v) is 10.8. The molecule has 2 bridgehead atoms. The maximum atomic E-state index is 13.2. The number of piperidine rings is 1. The number of aromatic nitrogens is 3. The zero-order valence-corrected chi connectivity index (χ0v) is 17.5. The van der Waals surface area contributed by atoms with Crippen molar-refractivity contribution in [3.8, 4) is 0 Å². The van der Waals surface area contributed by atoms with Gasteiger partial charge in [0.25, 0.3) is 5.56 Å². The molecule has 3 aliphatic rings. The Balaban J connectivity index is 1.34. The number of morpholine rings is 1. The van der Waals surface area contributed by atoms with Crippen molar-refractivity contribution in [3.63, 3.8) is 0 Å². The van der Waals surface area contributed by atoms with Crippen molar-refractivity contribution < 1.29 is 4.74 Å². The first-order chi connectivity index (χ1) is 14.1. The van der Waals surface area contributed by atoms with E-state index in [1.807, 2.05) is 18.7 Å². The van der Waals surface area contributed by atoms with Crippen LogP contribution < -0.4 is 5.56 Å². The summed E-state index contributed by atoms with van der Waals surface area (Å²) in [6.45, 7) is 10.00. The van der Waals surface area contributed by atoms with Crippen LogP contribution in [0.25, 0.3) is 0 Å². The number of fused-ring (bicyclic) bond motifs is 4. The Bertz CT molecular complexity index is 943. The predicted octanol–water partition coefficient (Wildman–Crippen LogP) is 1.34. The number of ether oxygens (including phenoxy) is 1. The fraction of sp³-hybridized carbons (Fsp3) is 0.636. The first-order valence-electron chi connectivity index (χ1n) is 10.8. The SMILES string of the molecule is Cc1cc(CN2C[C@@H]3C[C@H](C2)c2ccc(CN4CCOCC4)c(=O)n2C3)n(C)n1. The number of hydrogen-bond acceptors (Lipinski definition) is 5. The molecule has 2 saturated heterocycles. The van der Waals surface area contributed by atoms with E-state index in [1.54, 1.807) is 0 Å². The minimum Gasteiger partial charge on any atom is -0.379 e. The third-order valence-electron chi connectivity index (χ3n) is 6.74. The van der Waals surface area contributed by atoms with Gasteiger partial charge in [-0.3, -0.25) is 19.3 Å². The molecule has 0 N–H and O–H groups in total. The Morgan fingerprint density at radius 3 is 2.69 bits per heavy atom. The minimum atomic E-state index is 0.222. The van der Waals surface area contributed by atoms with Gasteiger partial charge in [0.1, 0.15) is 0 Å². The molecule has 0 aliphatic carbocycles. The second-order valence-corrected chi connectivity index (χ2v) is 8.98. The molecule has 156 valence electrons. The number of aryl methyl sites for hydroxylation is 2. The third kappa shape index (κ3) is 3.79. The van der Waals surface area contributed by atoms with Crippen LogP contribution in [0, 0.1) is 12.8 Å². The van der Waals surface area contributed by atoms with Crippen molar-refractivity contribution in [2.24, 2.45) is 13.0 Å². The van der Waals surface area contributed by atoms with Crippen LogP contribution in [-0.2, 0) is 31.4 Å². The maximum Gasteiger partial charge on any atom is 0.255 e. The molecule has 2 fully saturated rings. The van der Waals surface area contributed by atoms with E-state index in [2.05, 4.69) is 37.7 Å². The van der Waals surface area contributed by atoms with Crippen molar-refractivity contribution in [1.82, 2.24) is 24.1 Å². The van der Waals surface area contributed by atoms with E-state index < -0.39 is 0 Å². The highest BCUT2D eigenvalue weighted by Gasteiger charge is 2.35. The molecule has 7 nitrogen and oxygen atoms in total. The Morgan fingerprint density at radius 2 is 1.93 bits per heavy atom. The van der Waals surface area contributed by atoms with Gasteiger partial charge in [0, 0.05) is 70.0 Å². The lowest BCUT2D eigenvalue weighted by Gasteiger charge is -2.43. The fourth-order valence-corrected chi connectivity index (χ4v) is 5.38. The third-order valence-corrected chi connectivity index (χ3v) is 6.74. The Hall–Kier alpha value is -1.96. The van der Waals surface area contributed by atoms with Crippen LogP contribution in [0.3, 0.4) is 0 Å². The quantitative estimate of drug-likeness (QED) is 0.779. The zero-order chi connectivity index (χ0) is 20.0. The van der Waals surface area contributed by atoms with Gasteiger partial charge in [-0.2, -0.15) is 5.10 Å². The van der Waals surface area contributed by atoms with Crippen molar-refractivity contribution in [3.05, 3.63) is 51.2 Å². The molecule has 0 unspecified atom stereocenters. The maximum absolute atomic E-state index is 13.2. The van der Waals surface area contributed by atoms with Crippen LogP contribution in [0.1, 0.15) is 35.0 Å². The van der Waals surface area contributed by atoms with E-state index in [9.17, 15) is 4.79 Å². The number of likely N-dealkylation sites (tertiary alicyclic amines) is 1. The fourth-order valence-electron chi connectivity index (χ4n) is 5.38. The van der Waals surface area contributed by atoms with Gasteiger partial charge in [0.05, 0.1) is 24.6 Å². The molecule has 7 heteroatoms. The summed E-state index contributed by atoms with van der Waals surface area (Å²) in [7, 11) is 2.03. The predicted molar refractivity (Wildman–Crippen MR) is 111 cm³/mol. The number of pyridine rings is 1. The molecule has 0 spiro atoms. The largest absolute Gasteiger partial charge is 0.379 e. The summed E-state index contributed by atoms with van der Waals surface area (Å²) < 4.78 is 9.51. The lowest BCUT2D eigenvalue weighted by atomic mass is 9.83. The molecule has 2 aromatic heterocycles. The molecule has 2 atom stereocenters. The summed E-state index contributed by atoms with van der Waals surface area (Å²) in [6.07, 6.45) is 1.20. The van der Waals surface area contributed by atoms with E-state index in [1.165, 1.54) is 17.8 Å². The molecular weight excluding hydrogens is 366 g/mol. The Labute approximate surface area is 171 Å². The molecule has 0 saturated carbocycles. The van der Waals surface area contributed by atoms with Gasteiger partial charge < -0.3 is 9.30 Å². The van der Waals surface area contributed by atoms with E-state index in [-0.39, 0.29) is 5.56 Å². The summed E-state index contributed by atoms with van der Waals surface area (Å²) >= 11 is 0. The highest BCUT2D eigenvalue weighted by atomic mass is 16.5. The standard InChI is InChI=1S/C22H31N5O2/c1-16-9-20(24(2)23-16)15-26-11-17-10-19(14-26)21-4-3-18(22(28)27(21)12-17)13-25-5-7-29-8-6-25/h3-4,9,17,19H,5-8,10-15H2,1-2H3/t17-,19+/m0/s1. The molecule has 3 aliphatic heterocycles. The summed E-state index contributed by atoms with van der Waals surface area (Å²) in [5, 5.41) is 4.49. The second kappa shape index (κ2) is 7.70. The molecular formula is C22H31N5O2. The summed E-state index contributed by atoms with van der Waals surface area (Å²) in [6, 6.07) is 6.48. The van der Waals surface area contributed by atoms with Gasteiger partial charge in [-0.1, -0.05) is 6.07 Å². The van der Waals surface area contributed by atoms with Crippen LogP contribution in [0.5, 0.6) is 0 Å². The molecule has 2 aromatic rings. The normalized spacial score (nSPS) is 25.2. The lowest BCUT2D eigenvalue weighted by molar-refractivity contribution is 0.0338. The highest BCUT2D eigenvalue weighted by molar-refractivity contribution is 5.22. The smallest absolute Gasteiger partial charge is 0.255 e. The number of rotatable bonds is 4. The van der Waals surface area contributed by atoms with Gasteiger partial charge >= 0.3 is 0 Å². The van der Waals surface area contributed by atoms with Crippen LogP contribution in [0.2, 0.25) is 0 Å². The Morgan fingerprint density at radius 1 is 1.10 bits per heavy atom. The Kier molecular flexibility index (Phi) is 5.05. The van der Waals surface area contributed by atoms with Gasteiger partial charge in [0.2, 0.25) is 0 Å². The van der Waals surface area contributed by atoms with Crippen LogP contribution in [0.15, 0.2) is 23.0 Å². The van der Waals surface area contributed by atoms with Crippen molar-refractivity contribution in [2.75, 3.05) is 39.4 Å². The summed E-state index contributed by atoms with van der Waals surface area (Å²) in [5.41, 5.74) is 4.71. The van der Waals surface area contributed by atoms with Crippen molar-refractivity contribution >= 4 is 0 Å². The van der Waals surface area contributed by atoms with Gasteiger partial charge in [0.15, 0.2) is 0 Å². The van der Waals surface area contributed by atoms with Crippen molar-refractivity contribution in [2.45, 2.75) is 38.9 Å². The monoisotopic (exact) mass is 397 g/mol. The van der Waals surface area contributed by atoms with Crippen LogP contribution >= 0.6 is 0 Å². The lowest BCUT2D eigenvalue weighted by Crippen LogP contribution is -2.47. The summed E-state index contributed by atoms with van der Waals surface area (Å²) in [5.74, 6) is 0.994. The average Bonchev–Trinajstić information content (AvgIpc) is 3.02. The van der Waals surface area contributed by atoms with Crippen LogP contribution in [0.4, 0.5) is 0 Å². The van der Waals surface area contributed by atoms with Gasteiger partial charge in [-0.25, -0.2) is 0 Å². The highest BCUT2D eigenvalue weighted by Crippen LogP contribution is 2.35. The second-order valence-electron chi connectivity index (χ2n) is 8.98. The van der Waals surface area contributed by atoms with Gasteiger partial charge in [-0.05, 0) is 31.4 Å². The summed E-state index contributed by atoms with van der Waals surface area (Å²) in [4.78, 5) is 18.1. The van der Waals surface area contributed by atoms with Crippen molar-refractivity contribution in [1.29, 1.82) is 0 Å². The van der Waals surface area contributed by atoms with E-state index in [0.717, 1.165) is 70.3 Å². The molecule has 29 heavy (non-hydrogen) atoms. The topological polar surface area (TPSA) is 55.5 Å². The number of nitrogens with zero attached hydrogens (tertiary/aromatic N) is 5. The zero-order valence-electron chi connectivity index (χ0n) is 17.5. The van der Waals surface area contributed by atoms with Crippen LogP contribution in [-0.4, -0.2) is 63.5 Å². The molecule has 0 radical (unpaired) electrons. The minimum absolute atomic E-state index is 0.222. The molecule has 0 aromatic carbocycles. The molecule has 0 amide bonds. The van der Waals surface area contributed by atoms with E-state index >= 15 is 0 Å².